The van der Waals surface area contributed by atoms with Crippen molar-refractivity contribution >= 4 is 29.0 Å². The molecule has 0 aromatic heterocycles. The van der Waals surface area contributed by atoms with Crippen LogP contribution in [0.15, 0.2) is 53.0 Å². The first-order valence-corrected chi connectivity index (χ1v) is 13.9. The van der Waals surface area contributed by atoms with E-state index in [4.69, 9.17) is 16.6 Å². The number of likely N-dealkylation sites (tertiary alicyclic amines) is 1. The number of nitrogens with one attached hydrogen (secondary N) is 1. The molecule has 0 radical (unpaired) electrons. The summed E-state index contributed by atoms with van der Waals surface area (Å²) in [6, 6.07) is 14.2. The minimum Gasteiger partial charge on any atom is -0.356 e. The Balaban J connectivity index is 1.75. The molecule has 2 aromatic carbocycles. The number of amides is 1. The van der Waals surface area contributed by atoms with Gasteiger partial charge in [0.15, 0.2) is 0 Å². The number of halogens is 1. The van der Waals surface area contributed by atoms with Gasteiger partial charge in [0, 0.05) is 40.8 Å². The molecule has 4 nitrogen and oxygen atoms in total. The summed E-state index contributed by atoms with van der Waals surface area (Å²) >= 11 is 6.62. The quantitative estimate of drug-likeness (QED) is 0.335. The Hall–Kier alpha value is -2.59. The van der Waals surface area contributed by atoms with Crippen molar-refractivity contribution in [2.75, 3.05) is 13.1 Å². The molecule has 2 fully saturated rings. The number of amidine groups is 1. The minimum absolute atomic E-state index is 0.0170. The van der Waals surface area contributed by atoms with Crippen molar-refractivity contribution in [2.24, 2.45) is 10.9 Å². The summed E-state index contributed by atoms with van der Waals surface area (Å²) in [5, 5.41) is 3.97. The van der Waals surface area contributed by atoms with E-state index in [1.165, 1.54) is 19.3 Å². The third-order valence-electron chi connectivity index (χ3n) is 7.58. The van der Waals surface area contributed by atoms with Crippen LogP contribution in [0, 0.1) is 12.8 Å². The molecule has 0 atom stereocenters. The summed E-state index contributed by atoms with van der Waals surface area (Å²) in [4.78, 5) is 20.9. The molecule has 2 aliphatic rings. The van der Waals surface area contributed by atoms with Crippen molar-refractivity contribution in [1.82, 2.24) is 10.2 Å². The highest BCUT2D eigenvalue weighted by Gasteiger charge is 2.24. The second kappa shape index (κ2) is 12.1. The Labute approximate surface area is 221 Å². The van der Waals surface area contributed by atoms with Gasteiger partial charge in [0.05, 0.1) is 5.70 Å². The van der Waals surface area contributed by atoms with E-state index in [-0.39, 0.29) is 11.9 Å². The van der Waals surface area contributed by atoms with Crippen LogP contribution in [-0.4, -0.2) is 35.8 Å². The monoisotopic (exact) mass is 505 g/mol. The van der Waals surface area contributed by atoms with E-state index in [9.17, 15) is 4.79 Å². The summed E-state index contributed by atoms with van der Waals surface area (Å²) < 4.78 is 0. The third kappa shape index (κ3) is 6.39. The number of hydrogen-bond donors (Lipinski definition) is 1. The Kier molecular flexibility index (Phi) is 8.90. The van der Waals surface area contributed by atoms with Crippen LogP contribution in [0.5, 0.6) is 0 Å². The fourth-order valence-corrected chi connectivity index (χ4v) is 5.47. The number of aryl methyl sites for hydroxylation is 1. The van der Waals surface area contributed by atoms with E-state index in [0.717, 1.165) is 72.6 Å². The van der Waals surface area contributed by atoms with Crippen molar-refractivity contribution in [3.8, 4) is 0 Å². The molecule has 5 heteroatoms. The van der Waals surface area contributed by atoms with Crippen LogP contribution >= 0.6 is 11.6 Å². The Morgan fingerprint density at radius 1 is 0.972 bits per heavy atom. The SMILES string of the molecule is CC(C)=C(N=C(c1cc(C(=O)NC2CCCCC2)ccc1C)N1CCC(C)CC1)c1ccccc1Cl. The molecular weight excluding hydrogens is 466 g/mol. The molecule has 0 bridgehead atoms. The van der Waals surface area contributed by atoms with Crippen molar-refractivity contribution in [2.45, 2.75) is 78.7 Å². The zero-order chi connectivity index (χ0) is 25.7. The number of carbonyl (C=O) groups is 1. The van der Waals surface area contributed by atoms with Gasteiger partial charge < -0.3 is 10.2 Å². The number of aliphatic imine (C=N–C) groups is 1. The molecule has 192 valence electrons. The van der Waals surface area contributed by atoms with Gasteiger partial charge in [0.1, 0.15) is 5.84 Å². The van der Waals surface area contributed by atoms with Crippen LogP contribution in [0.3, 0.4) is 0 Å². The molecule has 1 amide bonds. The molecule has 0 spiro atoms. The van der Waals surface area contributed by atoms with Crippen molar-refractivity contribution < 1.29 is 4.79 Å². The minimum atomic E-state index is 0.0170. The van der Waals surface area contributed by atoms with Gasteiger partial charge in [-0.3, -0.25) is 4.79 Å². The van der Waals surface area contributed by atoms with Gasteiger partial charge in [0.2, 0.25) is 0 Å². The van der Waals surface area contributed by atoms with Crippen LogP contribution in [0.25, 0.3) is 5.70 Å². The number of benzene rings is 2. The topological polar surface area (TPSA) is 44.7 Å². The summed E-state index contributed by atoms with van der Waals surface area (Å²) in [6.45, 7) is 10.5. The van der Waals surface area contributed by atoms with Gasteiger partial charge in [-0.25, -0.2) is 4.99 Å². The van der Waals surface area contributed by atoms with Gasteiger partial charge in [-0.05, 0) is 81.7 Å². The molecule has 1 heterocycles. The fraction of sp³-hybridized carbons (Fsp3) is 0.484. The standard InChI is InChI=1S/C31H40ClN3O/c1-21(2)29(26-12-8-9-13-28(26)32)34-30(35-18-16-22(3)17-19-35)27-20-24(15-14-23(27)4)31(36)33-25-10-6-5-7-11-25/h8-9,12-15,20,22,25H,5-7,10-11,16-19H2,1-4H3,(H,33,36). The molecule has 1 aliphatic heterocycles. The van der Waals surface area contributed by atoms with Crippen LogP contribution in [0.1, 0.15) is 92.8 Å². The number of carbonyl (C=O) groups excluding carboxylic acids is 1. The van der Waals surface area contributed by atoms with E-state index < -0.39 is 0 Å². The van der Waals surface area contributed by atoms with Crippen molar-refractivity contribution in [3.63, 3.8) is 0 Å². The van der Waals surface area contributed by atoms with Crippen molar-refractivity contribution in [1.29, 1.82) is 0 Å². The maximum Gasteiger partial charge on any atom is 0.251 e. The molecular formula is C31H40ClN3O. The number of rotatable bonds is 5. The Bertz CT molecular complexity index is 1130. The van der Waals surface area contributed by atoms with Gasteiger partial charge in [0.25, 0.3) is 5.91 Å². The van der Waals surface area contributed by atoms with Crippen LogP contribution in [0.4, 0.5) is 0 Å². The predicted octanol–water partition coefficient (Wildman–Crippen LogP) is 7.64. The zero-order valence-corrected chi connectivity index (χ0v) is 23.0. The predicted molar refractivity (Wildman–Crippen MR) is 152 cm³/mol. The molecule has 1 aliphatic carbocycles. The number of hydrogen-bond acceptors (Lipinski definition) is 2. The van der Waals surface area contributed by atoms with Gasteiger partial charge >= 0.3 is 0 Å². The van der Waals surface area contributed by atoms with Gasteiger partial charge in [-0.1, -0.05) is 62.1 Å². The summed E-state index contributed by atoms with van der Waals surface area (Å²) in [6.07, 6.45) is 8.08. The molecule has 1 N–H and O–H groups in total. The average molecular weight is 506 g/mol. The summed E-state index contributed by atoms with van der Waals surface area (Å²) in [7, 11) is 0. The van der Waals surface area contributed by atoms with Crippen LogP contribution in [-0.2, 0) is 0 Å². The first-order valence-electron chi connectivity index (χ1n) is 13.5. The molecule has 1 saturated heterocycles. The van der Waals surface area contributed by atoms with E-state index in [1.807, 2.05) is 36.4 Å². The lowest BCUT2D eigenvalue weighted by Gasteiger charge is -2.34. The maximum absolute atomic E-state index is 13.2. The lowest BCUT2D eigenvalue weighted by Crippen LogP contribution is -2.39. The second-order valence-corrected chi connectivity index (χ2v) is 11.2. The molecule has 2 aromatic rings. The highest BCUT2D eigenvalue weighted by atomic mass is 35.5. The lowest BCUT2D eigenvalue weighted by atomic mass is 9.94. The Morgan fingerprint density at radius 2 is 1.67 bits per heavy atom. The number of allylic oxidation sites excluding steroid dienone is 1. The summed E-state index contributed by atoms with van der Waals surface area (Å²) in [5.74, 6) is 1.66. The van der Waals surface area contributed by atoms with E-state index in [0.29, 0.717) is 16.5 Å². The summed E-state index contributed by atoms with van der Waals surface area (Å²) in [5.41, 5.74) is 5.78. The van der Waals surface area contributed by atoms with E-state index in [1.54, 1.807) is 0 Å². The van der Waals surface area contributed by atoms with Gasteiger partial charge in [-0.2, -0.15) is 0 Å². The largest absolute Gasteiger partial charge is 0.356 e. The highest BCUT2D eigenvalue weighted by molar-refractivity contribution is 6.32. The fourth-order valence-electron chi connectivity index (χ4n) is 5.24. The van der Waals surface area contributed by atoms with Gasteiger partial charge in [-0.15, -0.1) is 0 Å². The number of nitrogens with zero attached hydrogens (tertiary/aromatic N) is 2. The maximum atomic E-state index is 13.2. The first kappa shape index (κ1) is 26.5. The smallest absolute Gasteiger partial charge is 0.251 e. The molecule has 0 unspecified atom stereocenters. The lowest BCUT2D eigenvalue weighted by molar-refractivity contribution is 0.0927. The normalized spacial score (nSPS) is 17.7. The molecule has 4 rings (SSSR count). The van der Waals surface area contributed by atoms with Crippen molar-refractivity contribution in [3.05, 3.63) is 75.3 Å². The first-order chi connectivity index (χ1) is 17.3. The molecule has 36 heavy (non-hydrogen) atoms. The van der Waals surface area contributed by atoms with Crippen LogP contribution < -0.4 is 5.32 Å². The average Bonchev–Trinajstić information content (AvgIpc) is 2.87. The number of piperidine rings is 1. The third-order valence-corrected chi connectivity index (χ3v) is 7.91. The zero-order valence-electron chi connectivity index (χ0n) is 22.2. The van der Waals surface area contributed by atoms with E-state index in [2.05, 4.69) is 44.0 Å². The van der Waals surface area contributed by atoms with E-state index >= 15 is 0 Å². The molecule has 1 saturated carbocycles. The highest BCUT2D eigenvalue weighted by Crippen LogP contribution is 2.30. The second-order valence-electron chi connectivity index (χ2n) is 10.8. The Morgan fingerprint density at radius 3 is 2.33 bits per heavy atom. The van der Waals surface area contributed by atoms with Crippen LogP contribution in [0.2, 0.25) is 5.02 Å².